The molecule has 0 spiro atoms. The minimum Gasteiger partial charge on any atom is -0.478 e. The fraction of sp³-hybridized carbons (Fsp3) is 0. The summed E-state index contributed by atoms with van der Waals surface area (Å²) in [7, 11) is 0. The number of carbonyl (C=O) groups excluding carboxylic acids is 1. The molecule has 0 aliphatic rings. The summed E-state index contributed by atoms with van der Waals surface area (Å²) in [6.45, 7) is 0. The molecule has 1 amide bonds. The molecule has 2 aromatic rings. The third-order valence-electron chi connectivity index (χ3n) is 2.64. The van der Waals surface area contributed by atoms with Crippen LogP contribution in [-0.2, 0) is 0 Å². The molecule has 0 saturated heterocycles. The molecular formula is C14H8BrClFNO3. The molecule has 7 heteroatoms. The van der Waals surface area contributed by atoms with E-state index in [0.29, 0.717) is 9.50 Å². The van der Waals surface area contributed by atoms with Gasteiger partial charge in [0.15, 0.2) is 0 Å². The summed E-state index contributed by atoms with van der Waals surface area (Å²) < 4.78 is 14.2. The number of carboxylic acids is 1. The molecular weight excluding hydrogens is 365 g/mol. The summed E-state index contributed by atoms with van der Waals surface area (Å²) >= 11 is 9.07. The number of carbonyl (C=O) groups is 2. The third-order valence-corrected chi connectivity index (χ3v) is 3.88. The molecule has 108 valence electrons. The van der Waals surface area contributed by atoms with E-state index in [4.69, 9.17) is 16.7 Å². The van der Waals surface area contributed by atoms with Crippen molar-refractivity contribution >= 4 is 45.1 Å². The number of amides is 1. The lowest BCUT2D eigenvalue weighted by Crippen LogP contribution is -2.13. The Bertz CT molecular complexity index is 736. The van der Waals surface area contributed by atoms with E-state index >= 15 is 0 Å². The van der Waals surface area contributed by atoms with E-state index in [1.165, 1.54) is 12.1 Å². The first kappa shape index (κ1) is 15.5. The van der Waals surface area contributed by atoms with Crippen molar-refractivity contribution < 1.29 is 19.1 Å². The number of nitrogens with one attached hydrogen (secondary N) is 1. The predicted molar refractivity (Wildman–Crippen MR) is 80.5 cm³/mol. The quantitative estimate of drug-likeness (QED) is 0.849. The molecule has 0 aromatic heterocycles. The number of rotatable bonds is 3. The van der Waals surface area contributed by atoms with Crippen LogP contribution in [0.2, 0.25) is 5.02 Å². The van der Waals surface area contributed by atoms with Crippen molar-refractivity contribution in [1.29, 1.82) is 0 Å². The zero-order valence-electron chi connectivity index (χ0n) is 10.4. The average molecular weight is 373 g/mol. The lowest BCUT2D eigenvalue weighted by Gasteiger charge is -2.08. The molecule has 0 saturated carbocycles. The number of anilines is 1. The van der Waals surface area contributed by atoms with E-state index in [-0.39, 0.29) is 16.8 Å². The Balaban J connectivity index is 2.28. The molecule has 0 aliphatic heterocycles. The summed E-state index contributed by atoms with van der Waals surface area (Å²) in [5.74, 6) is -2.53. The Morgan fingerprint density at radius 2 is 1.81 bits per heavy atom. The fourth-order valence-corrected chi connectivity index (χ4v) is 2.01. The van der Waals surface area contributed by atoms with Crippen LogP contribution in [0.5, 0.6) is 0 Å². The van der Waals surface area contributed by atoms with E-state index in [1.54, 1.807) is 6.07 Å². The second-order valence-corrected chi connectivity index (χ2v) is 5.34. The normalized spacial score (nSPS) is 10.2. The van der Waals surface area contributed by atoms with Crippen LogP contribution >= 0.6 is 27.5 Å². The molecule has 2 aromatic carbocycles. The van der Waals surface area contributed by atoms with Crippen LogP contribution < -0.4 is 5.32 Å². The van der Waals surface area contributed by atoms with Crippen molar-refractivity contribution in [1.82, 2.24) is 0 Å². The molecule has 0 aliphatic carbocycles. The third kappa shape index (κ3) is 3.59. The van der Waals surface area contributed by atoms with Gasteiger partial charge in [0.2, 0.25) is 0 Å². The van der Waals surface area contributed by atoms with E-state index in [0.717, 1.165) is 18.2 Å². The maximum Gasteiger partial charge on any atom is 0.335 e. The van der Waals surface area contributed by atoms with Gasteiger partial charge in [-0.3, -0.25) is 4.79 Å². The van der Waals surface area contributed by atoms with Crippen LogP contribution in [0.3, 0.4) is 0 Å². The maximum atomic E-state index is 13.6. The van der Waals surface area contributed by atoms with Gasteiger partial charge in [-0.15, -0.1) is 0 Å². The largest absolute Gasteiger partial charge is 0.478 e. The molecule has 21 heavy (non-hydrogen) atoms. The fourth-order valence-electron chi connectivity index (χ4n) is 1.59. The molecule has 0 unspecified atom stereocenters. The van der Waals surface area contributed by atoms with Crippen LogP contribution in [-0.4, -0.2) is 17.0 Å². The number of aromatic carboxylic acids is 1. The summed E-state index contributed by atoms with van der Waals surface area (Å²) in [4.78, 5) is 22.9. The highest BCUT2D eigenvalue weighted by Crippen LogP contribution is 2.24. The number of halogens is 3. The molecule has 2 rings (SSSR count). The van der Waals surface area contributed by atoms with Gasteiger partial charge in [-0.2, -0.15) is 0 Å². The molecule has 0 bridgehead atoms. The smallest absolute Gasteiger partial charge is 0.335 e. The van der Waals surface area contributed by atoms with Crippen LogP contribution in [0, 0.1) is 5.82 Å². The second-order valence-electron chi connectivity index (χ2n) is 4.08. The monoisotopic (exact) mass is 371 g/mol. The van der Waals surface area contributed by atoms with Crippen molar-refractivity contribution in [3.8, 4) is 0 Å². The van der Waals surface area contributed by atoms with Crippen LogP contribution in [0.1, 0.15) is 20.7 Å². The van der Waals surface area contributed by atoms with Gasteiger partial charge in [0.25, 0.3) is 5.91 Å². The van der Waals surface area contributed by atoms with Crippen molar-refractivity contribution in [3.63, 3.8) is 0 Å². The van der Waals surface area contributed by atoms with E-state index in [1.807, 2.05) is 0 Å². The first-order chi connectivity index (χ1) is 9.88. The Hall–Kier alpha value is -1.92. The standard InChI is InChI=1S/C14H8BrClFNO3/c15-9-3-1-7(5-10(9)16)13(19)18-12-6-8(14(20)21)2-4-11(12)17/h1-6H,(H,18,19)(H,20,21). The zero-order chi connectivity index (χ0) is 15.6. The predicted octanol–water partition coefficient (Wildman–Crippen LogP) is 4.19. The lowest BCUT2D eigenvalue weighted by molar-refractivity contribution is 0.0696. The van der Waals surface area contributed by atoms with Crippen LogP contribution in [0.25, 0.3) is 0 Å². The highest BCUT2D eigenvalue weighted by molar-refractivity contribution is 9.10. The van der Waals surface area contributed by atoms with Gasteiger partial charge in [0, 0.05) is 10.0 Å². The number of hydrogen-bond acceptors (Lipinski definition) is 2. The van der Waals surface area contributed by atoms with Gasteiger partial charge in [-0.25, -0.2) is 9.18 Å². The summed E-state index contributed by atoms with van der Waals surface area (Å²) in [5.41, 5.74) is -0.109. The molecule has 0 heterocycles. The van der Waals surface area contributed by atoms with Gasteiger partial charge in [-0.05, 0) is 52.3 Å². The maximum absolute atomic E-state index is 13.6. The highest BCUT2D eigenvalue weighted by Gasteiger charge is 2.13. The van der Waals surface area contributed by atoms with E-state index in [2.05, 4.69) is 21.2 Å². The first-order valence-electron chi connectivity index (χ1n) is 5.67. The Morgan fingerprint density at radius 1 is 1.14 bits per heavy atom. The molecule has 0 radical (unpaired) electrons. The molecule has 2 N–H and O–H groups in total. The van der Waals surface area contributed by atoms with Crippen LogP contribution in [0.15, 0.2) is 40.9 Å². The zero-order valence-corrected chi connectivity index (χ0v) is 12.7. The van der Waals surface area contributed by atoms with Gasteiger partial charge < -0.3 is 10.4 Å². The SMILES string of the molecule is O=C(O)c1ccc(F)c(NC(=O)c2ccc(Br)c(Cl)c2)c1. The molecule has 4 nitrogen and oxygen atoms in total. The summed E-state index contributed by atoms with van der Waals surface area (Å²) in [5, 5.41) is 11.5. The minimum atomic E-state index is -1.21. The van der Waals surface area contributed by atoms with Gasteiger partial charge in [0.05, 0.1) is 16.3 Å². The Kier molecular flexibility index (Phi) is 4.59. The number of hydrogen-bond donors (Lipinski definition) is 2. The van der Waals surface area contributed by atoms with Gasteiger partial charge in [-0.1, -0.05) is 11.6 Å². The van der Waals surface area contributed by atoms with Crippen molar-refractivity contribution in [2.45, 2.75) is 0 Å². The lowest BCUT2D eigenvalue weighted by atomic mass is 10.1. The van der Waals surface area contributed by atoms with Crippen molar-refractivity contribution in [2.75, 3.05) is 5.32 Å². The van der Waals surface area contributed by atoms with Gasteiger partial charge >= 0.3 is 5.97 Å². The van der Waals surface area contributed by atoms with E-state index < -0.39 is 17.7 Å². The minimum absolute atomic E-state index is 0.125. The topological polar surface area (TPSA) is 66.4 Å². The Morgan fingerprint density at radius 3 is 2.43 bits per heavy atom. The van der Waals surface area contributed by atoms with Gasteiger partial charge in [0.1, 0.15) is 5.82 Å². The second kappa shape index (κ2) is 6.24. The average Bonchev–Trinajstić information content (AvgIpc) is 2.43. The van der Waals surface area contributed by atoms with Crippen LogP contribution in [0.4, 0.5) is 10.1 Å². The molecule has 0 fully saturated rings. The summed E-state index contributed by atoms with van der Waals surface area (Å²) in [6.07, 6.45) is 0. The van der Waals surface area contributed by atoms with Crippen molar-refractivity contribution in [3.05, 3.63) is 62.8 Å². The number of carboxylic acid groups (broad SMARTS) is 1. The van der Waals surface area contributed by atoms with Crippen molar-refractivity contribution in [2.24, 2.45) is 0 Å². The first-order valence-corrected chi connectivity index (χ1v) is 6.85. The van der Waals surface area contributed by atoms with E-state index in [9.17, 15) is 14.0 Å². The Labute approximate surface area is 132 Å². The summed E-state index contributed by atoms with van der Waals surface area (Å²) in [6, 6.07) is 7.65. The number of benzene rings is 2. The highest BCUT2D eigenvalue weighted by atomic mass is 79.9. The molecule has 0 atom stereocenters.